The molecule has 3 heterocycles. The highest BCUT2D eigenvalue weighted by molar-refractivity contribution is 7.97. The molecule has 6 nitrogen and oxygen atoms in total. The number of aromatic nitrogens is 2. The minimum absolute atomic E-state index is 0.444. The number of aliphatic imine (C=N–C) groups is 2. The molecule has 0 aromatic carbocycles. The third kappa shape index (κ3) is 3.56. The lowest BCUT2D eigenvalue weighted by Crippen LogP contribution is -2.22. The number of pyridine rings is 1. The van der Waals surface area contributed by atoms with Crippen molar-refractivity contribution in [3.63, 3.8) is 0 Å². The van der Waals surface area contributed by atoms with Crippen LogP contribution in [-0.4, -0.2) is 46.6 Å². The van der Waals surface area contributed by atoms with Crippen molar-refractivity contribution in [3.05, 3.63) is 23.5 Å². The van der Waals surface area contributed by atoms with Crippen LogP contribution in [0.15, 0.2) is 27.3 Å². The molecule has 3 rings (SSSR count). The summed E-state index contributed by atoms with van der Waals surface area (Å²) in [6.45, 7) is 4.23. The topological polar surface area (TPSA) is 82.7 Å². The van der Waals surface area contributed by atoms with Gasteiger partial charge >= 0.3 is 0 Å². The molecule has 1 aliphatic heterocycles. The lowest BCUT2D eigenvalue weighted by molar-refractivity contribution is 0.380. The minimum Gasteiger partial charge on any atom is -0.383 e. The highest BCUT2D eigenvalue weighted by Gasteiger charge is 2.16. The Kier molecular flexibility index (Phi) is 4.97. The molecule has 0 spiro atoms. The van der Waals surface area contributed by atoms with Crippen LogP contribution in [-0.2, 0) is 0 Å². The van der Waals surface area contributed by atoms with Crippen LogP contribution in [0.1, 0.15) is 30.5 Å². The molecule has 1 aliphatic rings. The number of rotatable bonds is 4. The zero-order valence-corrected chi connectivity index (χ0v) is 14.4. The molecule has 0 bridgehead atoms. The van der Waals surface area contributed by atoms with Gasteiger partial charge in [-0.05, 0) is 37.8 Å². The molecule has 2 aromatic heterocycles. The number of nitrogens with two attached hydrogens (primary N) is 1. The van der Waals surface area contributed by atoms with Gasteiger partial charge in [-0.15, -0.1) is 0 Å². The molecule has 23 heavy (non-hydrogen) atoms. The number of piperidine rings is 1. The molecule has 1 fully saturated rings. The fourth-order valence-electron chi connectivity index (χ4n) is 2.83. The average Bonchev–Trinajstić information content (AvgIpc) is 2.95. The Labute approximate surface area is 140 Å². The van der Waals surface area contributed by atoms with Crippen molar-refractivity contribution in [2.24, 2.45) is 15.7 Å². The molecule has 0 aliphatic carbocycles. The maximum absolute atomic E-state index is 6.13. The lowest BCUT2D eigenvalue weighted by Gasteiger charge is -2.24. The fraction of sp³-hybridized carbons (Fsp3) is 0.438. The first kappa shape index (κ1) is 16.0. The van der Waals surface area contributed by atoms with Gasteiger partial charge in [-0.1, -0.05) is 6.42 Å². The number of nitrogens with zero attached hydrogens (tertiary/aromatic N) is 4. The summed E-state index contributed by atoms with van der Waals surface area (Å²) in [5.74, 6) is 0.444. The van der Waals surface area contributed by atoms with Crippen molar-refractivity contribution in [3.8, 4) is 0 Å². The molecular formula is C16H22N6S. The van der Waals surface area contributed by atoms with E-state index >= 15 is 0 Å². The third-order valence-electron chi connectivity index (χ3n) is 3.95. The molecule has 2 aromatic rings. The van der Waals surface area contributed by atoms with E-state index < -0.39 is 0 Å². The first-order valence-electron chi connectivity index (χ1n) is 7.84. The zero-order valence-electron chi connectivity index (χ0n) is 13.5. The van der Waals surface area contributed by atoms with Gasteiger partial charge in [0.1, 0.15) is 12.2 Å². The summed E-state index contributed by atoms with van der Waals surface area (Å²) in [4.78, 5) is 15.9. The van der Waals surface area contributed by atoms with E-state index in [2.05, 4.69) is 30.3 Å². The van der Waals surface area contributed by atoms with Gasteiger partial charge in [-0.3, -0.25) is 9.98 Å². The molecule has 1 saturated heterocycles. The quantitative estimate of drug-likeness (QED) is 0.513. The Morgan fingerprint density at radius 1 is 1.39 bits per heavy atom. The predicted molar refractivity (Wildman–Crippen MR) is 97.3 cm³/mol. The summed E-state index contributed by atoms with van der Waals surface area (Å²) in [6.07, 6.45) is 7.20. The molecule has 0 radical (unpaired) electrons. The lowest BCUT2D eigenvalue weighted by atomic mass is 10.1. The van der Waals surface area contributed by atoms with Gasteiger partial charge in [0, 0.05) is 36.8 Å². The number of H-pyrrole nitrogens is 1. The fourth-order valence-corrected chi connectivity index (χ4v) is 3.87. The number of amidine groups is 1. The first-order chi connectivity index (χ1) is 11.2. The van der Waals surface area contributed by atoms with Gasteiger partial charge in [-0.25, -0.2) is 9.30 Å². The Hall–Kier alpha value is -1.86. The molecule has 122 valence electrons. The molecular weight excluding hydrogens is 308 g/mol. The van der Waals surface area contributed by atoms with Crippen molar-refractivity contribution >= 4 is 35.0 Å². The van der Waals surface area contributed by atoms with Crippen molar-refractivity contribution in [1.29, 1.82) is 0 Å². The first-order valence-corrected chi connectivity index (χ1v) is 8.62. The second-order valence-corrected chi connectivity index (χ2v) is 6.79. The summed E-state index contributed by atoms with van der Waals surface area (Å²) in [5, 5.41) is 2.18. The van der Waals surface area contributed by atoms with Crippen LogP contribution >= 0.6 is 11.9 Å². The molecule has 0 atom stereocenters. The van der Waals surface area contributed by atoms with Crippen molar-refractivity contribution in [2.75, 3.05) is 20.1 Å². The number of aryl methyl sites for hydroxylation is 1. The number of nitrogens with one attached hydrogen (secondary N) is 1. The van der Waals surface area contributed by atoms with Crippen molar-refractivity contribution in [2.45, 2.75) is 31.2 Å². The van der Waals surface area contributed by atoms with Gasteiger partial charge in [0.05, 0.1) is 16.7 Å². The van der Waals surface area contributed by atoms with Crippen LogP contribution in [0.5, 0.6) is 0 Å². The summed E-state index contributed by atoms with van der Waals surface area (Å²) in [5.41, 5.74) is 8.86. The number of hydrogen-bond donors (Lipinski definition) is 2. The van der Waals surface area contributed by atoms with Crippen LogP contribution < -0.4 is 5.73 Å². The van der Waals surface area contributed by atoms with E-state index in [1.54, 1.807) is 19.0 Å². The predicted octanol–water partition coefficient (Wildman–Crippen LogP) is 2.73. The van der Waals surface area contributed by atoms with Crippen LogP contribution in [0.3, 0.4) is 0 Å². The highest BCUT2D eigenvalue weighted by Crippen LogP contribution is 2.30. The second-order valence-electron chi connectivity index (χ2n) is 5.65. The number of fused-ring (bicyclic) bond motifs is 1. The summed E-state index contributed by atoms with van der Waals surface area (Å²) < 4.78 is 2.41. The minimum atomic E-state index is 0.444. The summed E-state index contributed by atoms with van der Waals surface area (Å²) >= 11 is 1.78. The Morgan fingerprint density at radius 2 is 2.17 bits per heavy atom. The van der Waals surface area contributed by atoms with Crippen LogP contribution in [0.4, 0.5) is 0 Å². The van der Waals surface area contributed by atoms with Gasteiger partial charge in [0.15, 0.2) is 0 Å². The van der Waals surface area contributed by atoms with Crippen molar-refractivity contribution in [1.82, 2.24) is 14.3 Å². The summed E-state index contributed by atoms with van der Waals surface area (Å²) in [7, 11) is 1.67. The molecule has 0 amide bonds. The Morgan fingerprint density at radius 3 is 2.91 bits per heavy atom. The van der Waals surface area contributed by atoms with Gasteiger partial charge in [0.25, 0.3) is 0 Å². The maximum Gasteiger partial charge on any atom is 0.135 e. The number of hydrogen-bond acceptors (Lipinski definition) is 4. The van der Waals surface area contributed by atoms with E-state index in [9.17, 15) is 0 Å². The van der Waals surface area contributed by atoms with Gasteiger partial charge in [0.2, 0.25) is 0 Å². The normalized spacial score (nSPS) is 17.4. The Bertz CT molecular complexity index is 742. The van der Waals surface area contributed by atoms with E-state index in [4.69, 9.17) is 5.73 Å². The Balaban J connectivity index is 1.95. The molecule has 0 unspecified atom stereocenters. The second kappa shape index (κ2) is 7.14. The van der Waals surface area contributed by atoms with Crippen LogP contribution in [0, 0.1) is 6.92 Å². The average molecular weight is 330 g/mol. The molecule has 7 heteroatoms. The van der Waals surface area contributed by atoms with Gasteiger partial charge in [-0.2, -0.15) is 0 Å². The standard InChI is InChI=1S/C16H22N6S/c1-11-15(16(17)20-10-18-2)12-8-14(21-13(12)9-19-11)23-22-6-4-3-5-7-22/h8-10,21H,3-7H2,1-2H3,(H2,17,18,20). The van der Waals surface area contributed by atoms with E-state index in [0.29, 0.717) is 5.84 Å². The van der Waals surface area contributed by atoms with E-state index in [1.165, 1.54) is 25.6 Å². The van der Waals surface area contributed by atoms with E-state index in [0.717, 1.165) is 40.3 Å². The summed E-state index contributed by atoms with van der Waals surface area (Å²) in [6, 6.07) is 2.14. The monoisotopic (exact) mass is 330 g/mol. The SMILES string of the molecule is CN=CN=C(N)c1c(C)ncc2[nH]c(SN3CCCCC3)cc12. The van der Waals surface area contributed by atoms with E-state index in [1.807, 2.05) is 13.1 Å². The molecule has 3 N–H and O–H groups in total. The number of aromatic amines is 1. The largest absolute Gasteiger partial charge is 0.383 e. The van der Waals surface area contributed by atoms with Crippen molar-refractivity contribution < 1.29 is 0 Å². The van der Waals surface area contributed by atoms with Gasteiger partial charge < -0.3 is 10.7 Å². The third-order valence-corrected chi connectivity index (χ3v) is 4.99. The molecule has 0 saturated carbocycles. The highest BCUT2D eigenvalue weighted by atomic mass is 32.2. The van der Waals surface area contributed by atoms with Crippen LogP contribution in [0.2, 0.25) is 0 Å². The maximum atomic E-state index is 6.13. The van der Waals surface area contributed by atoms with Crippen LogP contribution in [0.25, 0.3) is 10.9 Å². The van der Waals surface area contributed by atoms with E-state index in [-0.39, 0.29) is 0 Å². The smallest absolute Gasteiger partial charge is 0.135 e. The zero-order chi connectivity index (χ0) is 16.2.